The normalized spacial score (nSPS) is 11.1. The first-order valence-electron chi connectivity index (χ1n) is 8.38. The molecular formula is C20H14F2N4OS. The van der Waals surface area contributed by atoms with Gasteiger partial charge in [0, 0.05) is 18.6 Å². The number of rotatable bonds is 5. The van der Waals surface area contributed by atoms with Crippen molar-refractivity contribution in [3.05, 3.63) is 59.2 Å². The smallest absolute Gasteiger partial charge is 0.387 e. The van der Waals surface area contributed by atoms with Gasteiger partial charge in [0.1, 0.15) is 16.8 Å². The summed E-state index contributed by atoms with van der Waals surface area (Å²) in [6.45, 7) is -2.46. The minimum absolute atomic E-state index is 0.0222. The molecule has 0 aliphatic carbocycles. The quantitative estimate of drug-likeness (QED) is 0.477. The number of ether oxygens (including phenoxy) is 1. The molecule has 0 bridgehead atoms. The maximum atomic E-state index is 12.6. The highest BCUT2D eigenvalue weighted by Crippen LogP contribution is 2.33. The summed E-state index contributed by atoms with van der Waals surface area (Å²) in [6.07, 6.45) is 1.49. The van der Waals surface area contributed by atoms with Gasteiger partial charge in [-0.25, -0.2) is 4.98 Å². The van der Waals surface area contributed by atoms with Crippen LogP contribution < -0.4 is 9.64 Å². The van der Waals surface area contributed by atoms with Crippen molar-refractivity contribution in [3.63, 3.8) is 0 Å². The van der Waals surface area contributed by atoms with E-state index in [0.29, 0.717) is 28.7 Å². The molecule has 5 nitrogen and oxygen atoms in total. The molecule has 4 rings (SSSR count). The lowest BCUT2D eigenvalue weighted by Gasteiger charge is -2.21. The number of aromatic nitrogens is 2. The number of benzene rings is 2. The molecule has 2 heterocycles. The summed E-state index contributed by atoms with van der Waals surface area (Å²) in [5.41, 5.74) is 2.46. The minimum atomic E-state index is -2.92. The summed E-state index contributed by atoms with van der Waals surface area (Å²) in [5, 5.41) is 11.0. The second kappa shape index (κ2) is 7.37. The lowest BCUT2D eigenvalue weighted by molar-refractivity contribution is -0.0497. The number of thiazole rings is 1. The number of anilines is 1. The zero-order valence-corrected chi connectivity index (χ0v) is 15.6. The fourth-order valence-electron chi connectivity index (χ4n) is 3.10. The van der Waals surface area contributed by atoms with Gasteiger partial charge in [0.15, 0.2) is 0 Å². The first kappa shape index (κ1) is 18.1. The summed E-state index contributed by atoms with van der Waals surface area (Å²) in [6, 6.07) is 14.5. The molecule has 0 spiro atoms. The maximum Gasteiger partial charge on any atom is 0.387 e. The molecule has 2 aromatic heterocycles. The number of nitrogens with zero attached hydrogens (tertiary/aromatic N) is 4. The maximum absolute atomic E-state index is 12.6. The lowest BCUT2D eigenvalue weighted by Crippen LogP contribution is -2.18. The van der Waals surface area contributed by atoms with E-state index in [2.05, 4.69) is 20.8 Å². The molecule has 0 saturated heterocycles. The van der Waals surface area contributed by atoms with Gasteiger partial charge < -0.3 is 9.64 Å². The van der Waals surface area contributed by atoms with Crippen molar-refractivity contribution in [1.82, 2.24) is 9.97 Å². The monoisotopic (exact) mass is 396 g/mol. The number of pyridine rings is 1. The Balaban J connectivity index is 1.77. The van der Waals surface area contributed by atoms with E-state index in [-0.39, 0.29) is 5.75 Å². The highest BCUT2D eigenvalue weighted by molar-refractivity contribution is 7.18. The van der Waals surface area contributed by atoms with Crippen LogP contribution in [0.2, 0.25) is 0 Å². The summed E-state index contributed by atoms with van der Waals surface area (Å²) >= 11 is 1.58. The number of hydrogen-bond donors (Lipinski definition) is 0. The van der Waals surface area contributed by atoms with Crippen molar-refractivity contribution in [2.24, 2.45) is 0 Å². The van der Waals surface area contributed by atoms with E-state index in [1.54, 1.807) is 17.4 Å². The third-order valence-electron chi connectivity index (χ3n) is 4.25. The molecule has 4 aromatic rings. The van der Waals surface area contributed by atoms with E-state index in [1.165, 1.54) is 18.3 Å². The van der Waals surface area contributed by atoms with E-state index in [9.17, 15) is 14.0 Å². The topological polar surface area (TPSA) is 62.0 Å². The first-order chi connectivity index (χ1) is 13.5. The van der Waals surface area contributed by atoms with Crippen LogP contribution in [0.3, 0.4) is 0 Å². The van der Waals surface area contributed by atoms with Crippen molar-refractivity contribution in [3.8, 4) is 11.8 Å². The zero-order valence-electron chi connectivity index (χ0n) is 14.8. The van der Waals surface area contributed by atoms with Crippen molar-refractivity contribution in [1.29, 1.82) is 5.26 Å². The Bertz CT molecular complexity index is 1170. The van der Waals surface area contributed by atoms with E-state index in [4.69, 9.17) is 0 Å². The van der Waals surface area contributed by atoms with E-state index < -0.39 is 6.61 Å². The van der Waals surface area contributed by atoms with Crippen LogP contribution in [0, 0.1) is 11.3 Å². The molecule has 8 heteroatoms. The molecule has 0 aliphatic rings. The fourth-order valence-corrected chi connectivity index (χ4v) is 4.12. The molecule has 0 N–H and O–H groups in total. The van der Waals surface area contributed by atoms with Gasteiger partial charge in [-0.1, -0.05) is 12.1 Å². The molecule has 2 aromatic carbocycles. The lowest BCUT2D eigenvalue weighted by atomic mass is 10.1. The van der Waals surface area contributed by atoms with Crippen LogP contribution in [-0.2, 0) is 6.54 Å². The molecule has 28 heavy (non-hydrogen) atoms. The van der Waals surface area contributed by atoms with Crippen LogP contribution in [0.4, 0.5) is 14.5 Å². The Hall–Kier alpha value is -3.31. The Labute approximate surface area is 163 Å². The average Bonchev–Trinajstić information content (AvgIpc) is 3.08. The number of halogens is 2. The van der Waals surface area contributed by atoms with Gasteiger partial charge in [0.25, 0.3) is 0 Å². The van der Waals surface area contributed by atoms with E-state index in [0.717, 1.165) is 15.2 Å². The second-order valence-electron chi connectivity index (χ2n) is 6.12. The number of fused-ring (bicyclic) bond motifs is 2. The predicted octanol–water partition coefficient (Wildman–Crippen LogP) is 4.95. The van der Waals surface area contributed by atoms with Gasteiger partial charge in [-0.2, -0.15) is 14.0 Å². The molecule has 0 atom stereocenters. The van der Waals surface area contributed by atoms with Crippen molar-refractivity contribution >= 4 is 38.1 Å². The van der Waals surface area contributed by atoms with E-state index >= 15 is 0 Å². The third-order valence-corrected chi connectivity index (χ3v) is 5.27. The van der Waals surface area contributed by atoms with Crippen LogP contribution in [0.1, 0.15) is 10.6 Å². The van der Waals surface area contributed by atoms with Gasteiger partial charge >= 0.3 is 6.61 Å². The molecule has 0 unspecified atom stereocenters. The predicted molar refractivity (Wildman–Crippen MR) is 105 cm³/mol. The van der Waals surface area contributed by atoms with Crippen LogP contribution in [0.5, 0.6) is 5.75 Å². The van der Waals surface area contributed by atoms with Gasteiger partial charge in [0.05, 0.1) is 33.5 Å². The molecular weight excluding hydrogens is 382 g/mol. The SMILES string of the molecule is CN(Cc1nc2ccccc2s1)c1c(C#N)cnc2ccc(OC(F)F)cc12. The highest BCUT2D eigenvalue weighted by Gasteiger charge is 2.17. The molecule has 0 saturated carbocycles. The largest absolute Gasteiger partial charge is 0.435 e. The summed E-state index contributed by atoms with van der Waals surface area (Å²) < 4.78 is 30.8. The fraction of sp³-hybridized carbons (Fsp3) is 0.150. The Morgan fingerprint density at radius 2 is 2.04 bits per heavy atom. The number of alkyl halides is 2. The number of para-hydroxylation sites is 1. The molecule has 0 amide bonds. The van der Waals surface area contributed by atoms with E-state index in [1.807, 2.05) is 36.2 Å². The summed E-state index contributed by atoms with van der Waals surface area (Å²) in [4.78, 5) is 10.8. The molecule has 0 aliphatic heterocycles. The highest BCUT2D eigenvalue weighted by atomic mass is 32.1. The van der Waals surface area contributed by atoms with Crippen LogP contribution >= 0.6 is 11.3 Å². The van der Waals surface area contributed by atoms with Gasteiger partial charge in [-0.15, -0.1) is 11.3 Å². The second-order valence-corrected chi connectivity index (χ2v) is 7.24. The van der Waals surface area contributed by atoms with Gasteiger partial charge in [-0.3, -0.25) is 4.98 Å². The van der Waals surface area contributed by atoms with Crippen LogP contribution in [0.25, 0.3) is 21.1 Å². The van der Waals surface area contributed by atoms with Crippen molar-refractivity contribution in [2.45, 2.75) is 13.2 Å². The number of nitriles is 1. The third kappa shape index (κ3) is 3.44. The average molecular weight is 396 g/mol. The Kier molecular flexibility index (Phi) is 4.75. The number of hydrogen-bond acceptors (Lipinski definition) is 6. The molecule has 0 fully saturated rings. The summed E-state index contributed by atoms with van der Waals surface area (Å²) in [7, 11) is 1.84. The Morgan fingerprint density at radius 1 is 1.21 bits per heavy atom. The van der Waals surface area contributed by atoms with Crippen molar-refractivity contribution in [2.75, 3.05) is 11.9 Å². The molecule has 140 valence electrons. The first-order valence-corrected chi connectivity index (χ1v) is 9.20. The van der Waals surface area contributed by atoms with Gasteiger partial charge in [-0.05, 0) is 30.3 Å². The standard InChI is InChI=1S/C20H14F2N4OS/c1-26(11-18-25-16-4-2-3-5-17(16)28-18)19-12(9-23)10-24-15-7-6-13(8-14(15)19)27-20(21)22/h2-8,10,20H,11H2,1H3. The zero-order chi connectivity index (χ0) is 19.7. The van der Waals surface area contributed by atoms with Crippen LogP contribution in [0.15, 0.2) is 48.7 Å². The minimum Gasteiger partial charge on any atom is -0.435 e. The van der Waals surface area contributed by atoms with Gasteiger partial charge in [0.2, 0.25) is 0 Å². The molecule has 0 radical (unpaired) electrons. The Morgan fingerprint density at radius 3 is 2.79 bits per heavy atom. The summed E-state index contributed by atoms with van der Waals surface area (Å²) in [5.74, 6) is 0.0222. The van der Waals surface area contributed by atoms with Crippen molar-refractivity contribution < 1.29 is 13.5 Å². The van der Waals surface area contributed by atoms with Crippen LogP contribution in [-0.4, -0.2) is 23.6 Å².